The van der Waals surface area contributed by atoms with E-state index in [1.54, 1.807) is 6.08 Å². The van der Waals surface area contributed by atoms with Gasteiger partial charge in [0, 0.05) is 15.6 Å². The number of cyclic esters (lactones) is 1. The molecule has 0 radical (unpaired) electrons. The number of hydrogen-bond donors (Lipinski definition) is 0. The first-order chi connectivity index (χ1) is 16.7. The summed E-state index contributed by atoms with van der Waals surface area (Å²) in [4.78, 5) is 16.9. The number of carbonyl (C=O) groups is 1. The number of benzene rings is 4. The maximum Gasteiger partial charge on any atom is 0.363 e. The summed E-state index contributed by atoms with van der Waals surface area (Å²) in [7, 11) is 0. The van der Waals surface area contributed by atoms with Gasteiger partial charge in [-0.3, -0.25) is 0 Å². The molecule has 0 saturated heterocycles. The molecule has 0 amide bonds. The number of halogens is 1. The fourth-order valence-electron chi connectivity index (χ4n) is 3.60. The highest BCUT2D eigenvalue weighted by atomic mass is 79.9. The van der Waals surface area contributed by atoms with E-state index in [0.29, 0.717) is 18.3 Å². The molecule has 1 heterocycles. The Balaban J connectivity index is 1.32. The molecule has 1 aliphatic rings. The summed E-state index contributed by atoms with van der Waals surface area (Å²) in [5.41, 5.74) is 5.08. The highest BCUT2D eigenvalue weighted by Crippen LogP contribution is 2.25. The molecule has 4 aromatic rings. The number of nitrogens with zero attached hydrogens (tertiary/aromatic N) is 1. The van der Waals surface area contributed by atoms with Crippen molar-refractivity contribution in [2.45, 2.75) is 6.61 Å². The number of aliphatic imine (C=N–C) groups is 1. The first-order valence-electron chi connectivity index (χ1n) is 10.8. The minimum atomic E-state index is -0.471. The van der Waals surface area contributed by atoms with Gasteiger partial charge in [-0.1, -0.05) is 88.7 Å². The molecule has 166 valence electrons. The Hall–Kier alpha value is -3.96. The SMILES string of the molecule is O=C1OC(c2ccc(-c3ccccc3)cc2)=N/C1=C\c1cccc(OCc2ccccc2Br)c1. The lowest BCUT2D eigenvalue weighted by atomic mass is 10.0. The van der Waals surface area contributed by atoms with Gasteiger partial charge in [-0.25, -0.2) is 9.79 Å². The van der Waals surface area contributed by atoms with E-state index in [1.807, 2.05) is 91.0 Å². The van der Waals surface area contributed by atoms with Crippen molar-refractivity contribution < 1.29 is 14.3 Å². The first kappa shape index (κ1) is 21.9. The van der Waals surface area contributed by atoms with Gasteiger partial charge in [-0.15, -0.1) is 0 Å². The second-order valence-electron chi connectivity index (χ2n) is 7.73. The minimum absolute atomic E-state index is 0.255. The highest BCUT2D eigenvalue weighted by molar-refractivity contribution is 9.10. The van der Waals surface area contributed by atoms with Gasteiger partial charge in [0.2, 0.25) is 5.90 Å². The van der Waals surface area contributed by atoms with Gasteiger partial charge in [-0.05, 0) is 53.1 Å². The summed E-state index contributed by atoms with van der Waals surface area (Å²) in [5.74, 6) is 0.538. The molecule has 0 unspecified atom stereocenters. The van der Waals surface area contributed by atoms with Crippen molar-refractivity contribution in [2.24, 2.45) is 4.99 Å². The molecule has 0 saturated carbocycles. The van der Waals surface area contributed by atoms with E-state index in [-0.39, 0.29) is 5.70 Å². The van der Waals surface area contributed by atoms with E-state index in [2.05, 4.69) is 33.1 Å². The zero-order valence-electron chi connectivity index (χ0n) is 18.1. The molecule has 5 rings (SSSR count). The van der Waals surface area contributed by atoms with Crippen LogP contribution < -0.4 is 4.74 Å². The predicted molar refractivity (Wildman–Crippen MR) is 137 cm³/mol. The first-order valence-corrected chi connectivity index (χ1v) is 11.6. The van der Waals surface area contributed by atoms with Crippen LogP contribution in [0.25, 0.3) is 17.2 Å². The van der Waals surface area contributed by atoms with Gasteiger partial charge in [-0.2, -0.15) is 0 Å². The molecule has 0 aliphatic carbocycles. The zero-order valence-corrected chi connectivity index (χ0v) is 19.7. The fraction of sp³-hybridized carbons (Fsp3) is 0.0345. The number of hydrogen-bond acceptors (Lipinski definition) is 4. The van der Waals surface area contributed by atoms with E-state index in [0.717, 1.165) is 32.3 Å². The Bertz CT molecular complexity index is 1390. The molecule has 0 bridgehead atoms. The summed E-state index contributed by atoms with van der Waals surface area (Å²) in [6.45, 7) is 0.435. The third-order valence-electron chi connectivity index (χ3n) is 5.37. The number of ether oxygens (including phenoxy) is 2. The standard InChI is InChI=1S/C29H20BrNO3/c30-26-12-5-4-10-24(26)19-33-25-11-6-7-20(17-25)18-27-29(32)34-28(31-27)23-15-13-22(14-16-23)21-8-2-1-3-9-21/h1-18H,19H2/b27-18-. The van der Waals surface area contributed by atoms with Crippen molar-refractivity contribution in [2.75, 3.05) is 0 Å². The van der Waals surface area contributed by atoms with Crippen LogP contribution in [0.5, 0.6) is 5.75 Å². The molecule has 0 fully saturated rings. The van der Waals surface area contributed by atoms with Crippen LogP contribution in [0.15, 0.2) is 118 Å². The molecular weight excluding hydrogens is 490 g/mol. The average molecular weight is 510 g/mol. The maximum atomic E-state index is 12.4. The van der Waals surface area contributed by atoms with E-state index in [9.17, 15) is 4.79 Å². The average Bonchev–Trinajstić information content (AvgIpc) is 3.24. The summed E-state index contributed by atoms with van der Waals surface area (Å²) in [6, 6.07) is 33.4. The molecular formula is C29H20BrNO3. The second-order valence-corrected chi connectivity index (χ2v) is 8.59. The van der Waals surface area contributed by atoms with Crippen LogP contribution in [0.4, 0.5) is 0 Å². The summed E-state index contributed by atoms with van der Waals surface area (Å²) in [6.07, 6.45) is 1.71. The molecule has 4 nitrogen and oxygen atoms in total. The predicted octanol–water partition coefficient (Wildman–Crippen LogP) is 7.04. The van der Waals surface area contributed by atoms with E-state index < -0.39 is 5.97 Å². The number of carbonyl (C=O) groups excluding carboxylic acids is 1. The maximum absolute atomic E-state index is 12.4. The zero-order chi connectivity index (χ0) is 23.3. The molecule has 4 aromatic carbocycles. The minimum Gasteiger partial charge on any atom is -0.489 e. The topological polar surface area (TPSA) is 47.9 Å². The van der Waals surface area contributed by atoms with Gasteiger partial charge < -0.3 is 9.47 Å². The summed E-state index contributed by atoms with van der Waals surface area (Å²) < 4.78 is 12.4. The van der Waals surface area contributed by atoms with Crippen molar-refractivity contribution >= 4 is 33.9 Å². The third-order valence-corrected chi connectivity index (χ3v) is 6.15. The normalized spacial score (nSPS) is 14.1. The van der Waals surface area contributed by atoms with E-state index in [4.69, 9.17) is 9.47 Å². The van der Waals surface area contributed by atoms with Gasteiger partial charge in [0.05, 0.1) is 0 Å². The fourth-order valence-corrected chi connectivity index (χ4v) is 4.00. The quantitative estimate of drug-likeness (QED) is 0.207. The smallest absolute Gasteiger partial charge is 0.363 e. The largest absolute Gasteiger partial charge is 0.489 e. The van der Waals surface area contributed by atoms with Crippen LogP contribution in [0.1, 0.15) is 16.7 Å². The molecule has 5 heteroatoms. The highest BCUT2D eigenvalue weighted by Gasteiger charge is 2.24. The molecule has 0 spiro atoms. The van der Waals surface area contributed by atoms with Crippen molar-refractivity contribution in [3.05, 3.63) is 130 Å². The lowest BCUT2D eigenvalue weighted by Crippen LogP contribution is -2.05. The summed E-state index contributed by atoms with van der Waals surface area (Å²) in [5, 5.41) is 0. The van der Waals surface area contributed by atoms with Crippen LogP contribution in [-0.4, -0.2) is 11.9 Å². The van der Waals surface area contributed by atoms with Crippen molar-refractivity contribution in [3.8, 4) is 16.9 Å². The van der Waals surface area contributed by atoms with Gasteiger partial charge in [0.15, 0.2) is 5.70 Å². The number of esters is 1. The molecule has 34 heavy (non-hydrogen) atoms. The van der Waals surface area contributed by atoms with E-state index >= 15 is 0 Å². The van der Waals surface area contributed by atoms with Crippen LogP contribution in [0, 0.1) is 0 Å². The Morgan fingerprint density at radius 1 is 0.794 bits per heavy atom. The molecule has 0 N–H and O–H groups in total. The molecule has 0 aromatic heterocycles. The van der Waals surface area contributed by atoms with E-state index in [1.165, 1.54) is 0 Å². The second kappa shape index (κ2) is 9.89. The lowest BCUT2D eigenvalue weighted by Gasteiger charge is -2.08. The van der Waals surface area contributed by atoms with Gasteiger partial charge >= 0.3 is 5.97 Å². The third kappa shape index (κ3) is 5.00. The van der Waals surface area contributed by atoms with Crippen molar-refractivity contribution in [1.82, 2.24) is 0 Å². The monoisotopic (exact) mass is 509 g/mol. The van der Waals surface area contributed by atoms with Gasteiger partial charge in [0.1, 0.15) is 12.4 Å². The van der Waals surface area contributed by atoms with Crippen LogP contribution in [0.3, 0.4) is 0 Å². The Kier molecular flexibility index (Phi) is 6.36. The molecule has 1 aliphatic heterocycles. The summed E-state index contributed by atoms with van der Waals surface area (Å²) >= 11 is 3.53. The van der Waals surface area contributed by atoms with Crippen LogP contribution in [0.2, 0.25) is 0 Å². The Labute approximate surface area is 206 Å². The number of rotatable bonds is 6. The lowest BCUT2D eigenvalue weighted by molar-refractivity contribution is -0.129. The van der Waals surface area contributed by atoms with Crippen LogP contribution in [-0.2, 0) is 16.1 Å². The van der Waals surface area contributed by atoms with Crippen molar-refractivity contribution in [3.63, 3.8) is 0 Å². The molecule has 0 atom stereocenters. The van der Waals surface area contributed by atoms with Crippen LogP contribution >= 0.6 is 15.9 Å². The Morgan fingerprint density at radius 3 is 2.29 bits per heavy atom. The Morgan fingerprint density at radius 2 is 1.50 bits per heavy atom. The van der Waals surface area contributed by atoms with Gasteiger partial charge in [0.25, 0.3) is 0 Å². The van der Waals surface area contributed by atoms with Crippen molar-refractivity contribution in [1.29, 1.82) is 0 Å².